The van der Waals surface area contributed by atoms with Crippen LogP contribution < -0.4 is 4.74 Å². The maximum atomic E-state index is 11.4. The number of carbonyl (C=O) groups is 1. The zero-order valence-corrected chi connectivity index (χ0v) is 11.5. The van der Waals surface area contributed by atoms with Crippen LogP contribution in [0.1, 0.15) is 37.7 Å². The van der Waals surface area contributed by atoms with E-state index in [1.54, 1.807) is 18.3 Å². The minimum atomic E-state index is 0.0599. The number of Topliss-reactive ketones (excluding diaryl/α,β-unsaturated/α-hetero) is 1. The second-order valence-corrected chi connectivity index (χ2v) is 4.03. The van der Waals surface area contributed by atoms with Crippen LogP contribution >= 0.6 is 0 Å². The number of rotatable bonds is 8. The van der Waals surface area contributed by atoms with Crippen molar-refractivity contribution < 1.29 is 9.53 Å². The molecule has 0 aliphatic heterocycles. The number of nitrogens with zero attached hydrogens (tertiary/aromatic N) is 2. The van der Waals surface area contributed by atoms with Crippen molar-refractivity contribution in [3.63, 3.8) is 0 Å². The van der Waals surface area contributed by atoms with Crippen molar-refractivity contribution in [2.45, 2.75) is 27.2 Å². The molecule has 0 fully saturated rings. The van der Waals surface area contributed by atoms with Gasteiger partial charge < -0.3 is 9.64 Å². The minimum absolute atomic E-state index is 0.0599. The lowest BCUT2D eigenvalue weighted by Crippen LogP contribution is -2.27. The van der Waals surface area contributed by atoms with Gasteiger partial charge in [0.15, 0.2) is 5.78 Å². The van der Waals surface area contributed by atoms with E-state index in [0.717, 1.165) is 25.4 Å². The van der Waals surface area contributed by atoms with Gasteiger partial charge in [-0.1, -0.05) is 20.8 Å². The van der Waals surface area contributed by atoms with Gasteiger partial charge in [-0.2, -0.15) is 0 Å². The molecule has 0 N–H and O–H groups in total. The molecule has 0 aliphatic rings. The molecule has 0 atom stereocenters. The third-order valence-electron chi connectivity index (χ3n) is 2.91. The van der Waals surface area contributed by atoms with Crippen molar-refractivity contribution in [2.75, 3.05) is 26.2 Å². The van der Waals surface area contributed by atoms with Crippen molar-refractivity contribution in [1.29, 1.82) is 0 Å². The fourth-order valence-corrected chi connectivity index (χ4v) is 1.64. The Morgan fingerprint density at radius 3 is 2.50 bits per heavy atom. The van der Waals surface area contributed by atoms with Gasteiger partial charge in [0.05, 0.1) is 6.20 Å². The SMILES string of the molecule is CCC(=O)c1ccc(OCCN(CC)CC)cn1. The third kappa shape index (κ3) is 4.45. The zero-order valence-electron chi connectivity index (χ0n) is 11.5. The lowest BCUT2D eigenvalue weighted by molar-refractivity contribution is 0.0983. The van der Waals surface area contributed by atoms with Crippen LogP contribution in [0.3, 0.4) is 0 Å². The first-order valence-electron chi connectivity index (χ1n) is 6.55. The van der Waals surface area contributed by atoms with E-state index in [0.29, 0.717) is 18.7 Å². The molecule has 18 heavy (non-hydrogen) atoms. The van der Waals surface area contributed by atoms with Crippen LogP contribution in [0.25, 0.3) is 0 Å². The first kappa shape index (κ1) is 14.6. The molecule has 1 rings (SSSR count). The first-order chi connectivity index (χ1) is 8.71. The van der Waals surface area contributed by atoms with Gasteiger partial charge >= 0.3 is 0 Å². The predicted octanol–water partition coefficient (Wildman–Crippen LogP) is 2.39. The quantitative estimate of drug-likeness (QED) is 0.664. The lowest BCUT2D eigenvalue weighted by atomic mass is 10.2. The Kier molecular flexibility index (Phi) is 6.36. The fraction of sp³-hybridized carbons (Fsp3) is 0.571. The van der Waals surface area contributed by atoms with E-state index in [1.807, 2.05) is 6.92 Å². The van der Waals surface area contributed by atoms with Gasteiger partial charge in [0, 0.05) is 13.0 Å². The van der Waals surface area contributed by atoms with E-state index in [1.165, 1.54) is 0 Å². The van der Waals surface area contributed by atoms with E-state index in [9.17, 15) is 4.79 Å². The van der Waals surface area contributed by atoms with E-state index < -0.39 is 0 Å². The van der Waals surface area contributed by atoms with E-state index in [2.05, 4.69) is 23.7 Å². The standard InChI is InChI=1S/C14H22N2O2/c1-4-14(17)13-8-7-12(11-15-13)18-10-9-16(5-2)6-3/h7-8,11H,4-6,9-10H2,1-3H3. The van der Waals surface area contributed by atoms with Gasteiger partial charge in [-0.25, -0.2) is 4.98 Å². The minimum Gasteiger partial charge on any atom is -0.491 e. The van der Waals surface area contributed by atoms with Crippen molar-refractivity contribution >= 4 is 5.78 Å². The van der Waals surface area contributed by atoms with Crippen LogP contribution in [-0.2, 0) is 0 Å². The summed E-state index contributed by atoms with van der Waals surface area (Å²) in [7, 11) is 0. The number of hydrogen-bond acceptors (Lipinski definition) is 4. The second kappa shape index (κ2) is 7.82. The molecular formula is C14H22N2O2. The Morgan fingerprint density at radius 2 is 2.00 bits per heavy atom. The first-order valence-corrected chi connectivity index (χ1v) is 6.55. The monoisotopic (exact) mass is 250 g/mol. The van der Waals surface area contributed by atoms with Crippen LogP contribution in [0, 0.1) is 0 Å². The molecule has 4 nitrogen and oxygen atoms in total. The lowest BCUT2D eigenvalue weighted by Gasteiger charge is -2.17. The fourth-order valence-electron chi connectivity index (χ4n) is 1.64. The smallest absolute Gasteiger partial charge is 0.180 e. The molecule has 4 heteroatoms. The van der Waals surface area contributed by atoms with Crippen molar-refractivity contribution in [1.82, 2.24) is 9.88 Å². The average Bonchev–Trinajstić information content (AvgIpc) is 2.43. The molecule has 0 saturated carbocycles. The highest BCUT2D eigenvalue weighted by atomic mass is 16.5. The maximum Gasteiger partial charge on any atom is 0.180 e. The summed E-state index contributed by atoms with van der Waals surface area (Å²) in [5.41, 5.74) is 0.508. The summed E-state index contributed by atoms with van der Waals surface area (Å²) >= 11 is 0. The second-order valence-electron chi connectivity index (χ2n) is 4.03. The third-order valence-corrected chi connectivity index (χ3v) is 2.91. The van der Waals surface area contributed by atoms with Gasteiger partial charge in [-0.05, 0) is 25.2 Å². The highest BCUT2D eigenvalue weighted by Gasteiger charge is 2.05. The topological polar surface area (TPSA) is 42.4 Å². The summed E-state index contributed by atoms with van der Waals surface area (Å²) in [4.78, 5) is 17.8. The maximum absolute atomic E-state index is 11.4. The number of ketones is 1. The summed E-state index contributed by atoms with van der Waals surface area (Å²) < 4.78 is 5.59. The summed E-state index contributed by atoms with van der Waals surface area (Å²) in [6.07, 6.45) is 2.10. The van der Waals surface area contributed by atoms with Crippen LogP contribution in [0.4, 0.5) is 0 Å². The summed E-state index contributed by atoms with van der Waals surface area (Å²) in [6, 6.07) is 3.52. The molecule has 0 aromatic carbocycles. The zero-order chi connectivity index (χ0) is 13.4. The van der Waals surface area contributed by atoms with Crippen LogP contribution in [0.15, 0.2) is 18.3 Å². The van der Waals surface area contributed by atoms with Gasteiger partial charge in [-0.3, -0.25) is 4.79 Å². The normalized spacial score (nSPS) is 10.7. The highest BCUT2D eigenvalue weighted by Crippen LogP contribution is 2.10. The largest absolute Gasteiger partial charge is 0.491 e. The molecule has 0 spiro atoms. The number of hydrogen-bond donors (Lipinski definition) is 0. The molecule has 100 valence electrons. The summed E-state index contributed by atoms with van der Waals surface area (Å²) in [5.74, 6) is 0.777. The van der Waals surface area contributed by atoms with Gasteiger partial charge in [0.1, 0.15) is 18.1 Å². The molecule has 0 unspecified atom stereocenters. The van der Waals surface area contributed by atoms with Crippen LogP contribution in [0.5, 0.6) is 5.75 Å². The van der Waals surface area contributed by atoms with Gasteiger partial charge in [0.25, 0.3) is 0 Å². The summed E-state index contributed by atoms with van der Waals surface area (Å²) in [6.45, 7) is 9.71. The number of aromatic nitrogens is 1. The Hall–Kier alpha value is -1.42. The Morgan fingerprint density at radius 1 is 1.28 bits per heavy atom. The molecule has 0 saturated heterocycles. The molecule has 0 amide bonds. The molecule has 1 aromatic rings. The van der Waals surface area contributed by atoms with E-state index >= 15 is 0 Å². The molecule has 0 radical (unpaired) electrons. The Balaban J connectivity index is 2.42. The van der Waals surface area contributed by atoms with Gasteiger partial charge in [-0.15, -0.1) is 0 Å². The number of pyridine rings is 1. The molecule has 0 aliphatic carbocycles. The van der Waals surface area contributed by atoms with Crippen LogP contribution in [-0.4, -0.2) is 41.9 Å². The van der Waals surface area contributed by atoms with Crippen molar-refractivity contribution in [2.24, 2.45) is 0 Å². The molecular weight excluding hydrogens is 228 g/mol. The predicted molar refractivity (Wildman–Crippen MR) is 72.1 cm³/mol. The van der Waals surface area contributed by atoms with Crippen molar-refractivity contribution in [3.05, 3.63) is 24.0 Å². The van der Waals surface area contributed by atoms with E-state index in [-0.39, 0.29) is 5.78 Å². The Labute approximate surface area is 109 Å². The van der Waals surface area contributed by atoms with Gasteiger partial charge in [0.2, 0.25) is 0 Å². The molecule has 1 heterocycles. The number of ether oxygens (including phenoxy) is 1. The van der Waals surface area contributed by atoms with Crippen molar-refractivity contribution in [3.8, 4) is 5.75 Å². The van der Waals surface area contributed by atoms with Crippen LogP contribution in [0.2, 0.25) is 0 Å². The molecule has 1 aromatic heterocycles. The number of likely N-dealkylation sites (N-methyl/N-ethyl adjacent to an activating group) is 1. The average molecular weight is 250 g/mol. The highest BCUT2D eigenvalue weighted by molar-refractivity contribution is 5.93. The summed E-state index contributed by atoms with van der Waals surface area (Å²) in [5, 5.41) is 0. The molecule has 0 bridgehead atoms. The Bertz CT molecular complexity index is 359. The van der Waals surface area contributed by atoms with E-state index in [4.69, 9.17) is 4.74 Å². The number of carbonyl (C=O) groups excluding carboxylic acids is 1.